The summed E-state index contributed by atoms with van der Waals surface area (Å²) in [7, 11) is -3.76. The lowest BCUT2D eigenvalue weighted by Crippen LogP contribution is -2.33. The van der Waals surface area contributed by atoms with Gasteiger partial charge in [-0.25, -0.2) is 13.1 Å². The molecule has 1 amide bonds. The Hall–Kier alpha value is -2.51. The van der Waals surface area contributed by atoms with E-state index in [-0.39, 0.29) is 17.2 Å². The molecule has 2 N–H and O–H groups in total. The Bertz CT molecular complexity index is 903. The molecule has 2 aromatic carbocycles. The molecule has 0 radical (unpaired) electrons. The predicted octanol–water partition coefficient (Wildman–Crippen LogP) is 2.42. The minimum Gasteiger partial charge on any atom is -0.325 e. The summed E-state index contributed by atoms with van der Waals surface area (Å²) in [5.74, 6) is -0.568. The number of ketones is 1. The minimum atomic E-state index is -3.76. The van der Waals surface area contributed by atoms with Crippen molar-refractivity contribution in [3.63, 3.8) is 0 Å². The predicted molar refractivity (Wildman–Crippen MR) is 96.2 cm³/mol. The summed E-state index contributed by atoms with van der Waals surface area (Å²) in [6.45, 7) is 4.79. The van der Waals surface area contributed by atoms with E-state index in [4.69, 9.17) is 0 Å². The summed E-state index contributed by atoms with van der Waals surface area (Å²) in [5, 5.41) is 2.58. The van der Waals surface area contributed by atoms with E-state index >= 15 is 0 Å². The van der Waals surface area contributed by atoms with E-state index in [0.29, 0.717) is 11.3 Å². The van der Waals surface area contributed by atoms with Crippen molar-refractivity contribution in [3.05, 3.63) is 59.2 Å². The van der Waals surface area contributed by atoms with Crippen LogP contribution in [-0.2, 0) is 14.8 Å². The first-order valence-electron chi connectivity index (χ1n) is 7.67. The second-order valence-corrected chi connectivity index (χ2v) is 7.52. The molecule has 0 unspecified atom stereocenters. The molecular weight excluding hydrogens is 340 g/mol. The van der Waals surface area contributed by atoms with Gasteiger partial charge in [-0.15, -0.1) is 0 Å². The second-order valence-electron chi connectivity index (χ2n) is 5.75. The zero-order chi connectivity index (χ0) is 18.6. The van der Waals surface area contributed by atoms with E-state index in [1.165, 1.54) is 13.0 Å². The van der Waals surface area contributed by atoms with Gasteiger partial charge in [0.1, 0.15) is 0 Å². The number of carbonyl (C=O) groups excluding carboxylic acids is 2. The maximum absolute atomic E-state index is 12.2. The van der Waals surface area contributed by atoms with Crippen LogP contribution >= 0.6 is 0 Å². The smallest absolute Gasteiger partial charge is 0.241 e. The van der Waals surface area contributed by atoms with Crippen molar-refractivity contribution in [1.29, 1.82) is 0 Å². The first-order valence-corrected chi connectivity index (χ1v) is 9.15. The number of benzene rings is 2. The Balaban J connectivity index is 1.98. The summed E-state index contributed by atoms with van der Waals surface area (Å²) in [4.78, 5) is 23.3. The maximum Gasteiger partial charge on any atom is 0.241 e. The molecule has 25 heavy (non-hydrogen) atoms. The molecule has 0 aliphatic heterocycles. The fourth-order valence-corrected chi connectivity index (χ4v) is 3.19. The van der Waals surface area contributed by atoms with E-state index in [1.54, 1.807) is 36.4 Å². The monoisotopic (exact) mass is 360 g/mol. The summed E-state index contributed by atoms with van der Waals surface area (Å²) >= 11 is 0. The quantitative estimate of drug-likeness (QED) is 0.774. The standard InChI is InChI=1S/C18H20N2O4S/c1-12-4-9-17(10-13(12)2)25(23,24)19-11-18(22)20-16-7-5-15(6-8-16)14(3)21/h4-10,19H,11H2,1-3H3,(H,20,22). The molecule has 2 rings (SSSR count). The van der Waals surface area contributed by atoms with Crippen LogP contribution in [0.2, 0.25) is 0 Å². The molecule has 0 saturated carbocycles. The molecule has 0 fully saturated rings. The normalized spacial score (nSPS) is 11.2. The number of hydrogen-bond acceptors (Lipinski definition) is 4. The van der Waals surface area contributed by atoms with E-state index in [1.807, 2.05) is 13.8 Å². The molecule has 0 saturated heterocycles. The van der Waals surface area contributed by atoms with Gasteiger partial charge in [-0.05, 0) is 68.3 Å². The van der Waals surface area contributed by atoms with Crippen molar-refractivity contribution < 1.29 is 18.0 Å². The van der Waals surface area contributed by atoms with Gasteiger partial charge < -0.3 is 5.32 Å². The van der Waals surface area contributed by atoms with Gasteiger partial charge in [0.15, 0.2) is 5.78 Å². The average Bonchev–Trinajstić information content (AvgIpc) is 2.56. The Kier molecular flexibility index (Phi) is 5.71. The van der Waals surface area contributed by atoms with Crippen LogP contribution < -0.4 is 10.0 Å². The second kappa shape index (κ2) is 7.58. The van der Waals surface area contributed by atoms with Gasteiger partial charge in [0.05, 0.1) is 11.4 Å². The fraction of sp³-hybridized carbons (Fsp3) is 0.222. The highest BCUT2D eigenvalue weighted by Gasteiger charge is 2.16. The van der Waals surface area contributed by atoms with Gasteiger partial charge in [-0.1, -0.05) is 6.07 Å². The van der Waals surface area contributed by atoms with Crippen LogP contribution in [0.5, 0.6) is 0 Å². The fourth-order valence-electron chi connectivity index (χ4n) is 2.12. The van der Waals surface area contributed by atoms with Gasteiger partial charge in [-0.3, -0.25) is 9.59 Å². The third-order valence-corrected chi connectivity index (χ3v) is 5.19. The Morgan fingerprint density at radius 2 is 1.60 bits per heavy atom. The summed E-state index contributed by atoms with van der Waals surface area (Å²) in [5.41, 5.74) is 2.87. The number of aryl methyl sites for hydroxylation is 2. The number of carbonyl (C=O) groups is 2. The van der Waals surface area contributed by atoms with Crippen LogP contribution in [0.3, 0.4) is 0 Å². The molecule has 0 atom stereocenters. The molecule has 0 aliphatic carbocycles. The molecule has 0 spiro atoms. The largest absolute Gasteiger partial charge is 0.325 e. The molecule has 7 heteroatoms. The Morgan fingerprint density at radius 1 is 0.960 bits per heavy atom. The molecule has 0 bridgehead atoms. The van der Waals surface area contributed by atoms with Gasteiger partial charge in [0.25, 0.3) is 0 Å². The number of sulfonamides is 1. The van der Waals surface area contributed by atoms with Gasteiger partial charge >= 0.3 is 0 Å². The lowest BCUT2D eigenvalue weighted by molar-refractivity contribution is -0.115. The number of Topliss-reactive ketones (excluding diaryl/α,β-unsaturated/α-hetero) is 1. The third kappa shape index (κ3) is 4.98. The number of amides is 1. The highest BCUT2D eigenvalue weighted by molar-refractivity contribution is 7.89. The third-order valence-electron chi connectivity index (χ3n) is 3.79. The molecule has 6 nitrogen and oxygen atoms in total. The lowest BCUT2D eigenvalue weighted by atomic mass is 10.1. The van der Waals surface area contributed by atoms with Crippen LogP contribution in [0.4, 0.5) is 5.69 Å². The number of rotatable bonds is 6. The highest BCUT2D eigenvalue weighted by Crippen LogP contribution is 2.14. The van der Waals surface area contributed by atoms with Gasteiger partial charge in [0.2, 0.25) is 15.9 Å². The molecule has 0 aliphatic rings. The summed E-state index contributed by atoms with van der Waals surface area (Å²) < 4.78 is 26.8. The molecule has 2 aromatic rings. The molecule has 0 heterocycles. The van der Waals surface area contributed by atoms with Crippen molar-refractivity contribution in [1.82, 2.24) is 4.72 Å². The first-order chi connectivity index (χ1) is 11.7. The molecule has 132 valence electrons. The van der Waals surface area contributed by atoms with Crippen molar-refractivity contribution in [3.8, 4) is 0 Å². The zero-order valence-corrected chi connectivity index (χ0v) is 15.1. The van der Waals surface area contributed by atoms with Crippen molar-refractivity contribution in [2.45, 2.75) is 25.7 Å². The number of nitrogens with one attached hydrogen (secondary N) is 2. The maximum atomic E-state index is 12.2. The van der Waals surface area contributed by atoms with Gasteiger partial charge in [0, 0.05) is 11.3 Å². The van der Waals surface area contributed by atoms with Crippen LogP contribution in [-0.4, -0.2) is 26.7 Å². The van der Waals surface area contributed by atoms with E-state index in [0.717, 1.165) is 11.1 Å². The SMILES string of the molecule is CC(=O)c1ccc(NC(=O)CNS(=O)(=O)c2ccc(C)c(C)c2)cc1. The van der Waals surface area contributed by atoms with Crippen molar-refractivity contribution >= 4 is 27.4 Å². The average molecular weight is 360 g/mol. The van der Waals surface area contributed by atoms with Crippen molar-refractivity contribution in [2.75, 3.05) is 11.9 Å². The number of anilines is 1. The summed E-state index contributed by atoms with van der Waals surface area (Å²) in [6.07, 6.45) is 0. The highest BCUT2D eigenvalue weighted by atomic mass is 32.2. The minimum absolute atomic E-state index is 0.0703. The van der Waals surface area contributed by atoms with Crippen molar-refractivity contribution in [2.24, 2.45) is 0 Å². The Morgan fingerprint density at radius 3 is 2.16 bits per heavy atom. The summed E-state index contributed by atoms with van der Waals surface area (Å²) in [6, 6.07) is 11.2. The Labute approximate surface area is 147 Å². The van der Waals surface area contributed by atoms with Crippen LogP contribution in [0.25, 0.3) is 0 Å². The molecular formula is C18H20N2O4S. The topological polar surface area (TPSA) is 92.3 Å². The van der Waals surface area contributed by atoms with E-state index in [2.05, 4.69) is 10.0 Å². The van der Waals surface area contributed by atoms with Crippen LogP contribution in [0.15, 0.2) is 47.4 Å². The van der Waals surface area contributed by atoms with Crippen LogP contribution in [0.1, 0.15) is 28.4 Å². The number of hydrogen-bond donors (Lipinski definition) is 2. The lowest BCUT2D eigenvalue weighted by Gasteiger charge is -2.09. The van der Waals surface area contributed by atoms with E-state index < -0.39 is 15.9 Å². The van der Waals surface area contributed by atoms with Crippen LogP contribution in [0, 0.1) is 13.8 Å². The zero-order valence-electron chi connectivity index (χ0n) is 14.3. The van der Waals surface area contributed by atoms with Gasteiger partial charge in [-0.2, -0.15) is 0 Å². The molecule has 0 aromatic heterocycles. The van der Waals surface area contributed by atoms with E-state index in [9.17, 15) is 18.0 Å². The first kappa shape index (κ1) is 18.8.